The molecule has 1 aromatic heterocycles. The molecule has 0 saturated carbocycles. The van der Waals surface area contributed by atoms with Gasteiger partial charge in [0.15, 0.2) is 0 Å². The minimum absolute atomic E-state index is 0.0119. The molecular formula is C13H18N2O3. The Kier molecular flexibility index (Phi) is 4.15. The summed E-state index contributed by atoms with van der Waals surface area (Å²) < 4.78 is 5.13. The van der Waals surface area contributed by atoms with Crippen molar-refractivity contribution in [3.8, 4) is 0 Å². The van der Waals surface area contributed by atoms with Crippen molar-refractivity contribution in [1.82, 2.24) is 9.88 Å². The van der Waals surface area contributed by atoms with Gasteiger partial charge < -0.3 is 14.6 Å². The van der Waals surface area contributed by atoms with E-state index < -0.39 is 0 Å². The lowest BCUT2D eigenvalue weighted by atomic mass is 9.97. The Balaban J connectivity index is 1.95. The molecule has 1 fully saturated rings. The van der Waals surface area contributed by atoms with Crippen LogP contribution in [0.15, 0.2) is 23.1 Å². The fraction of sp³-hybridized carbons (Fsp3) is 0.538. The van der Waals surface area contributed by atoms with Gasteiger partial charge in [-0.25, -0.2) is 0 Å². The third kappa shape index (κ3) is 2.98. The predicted molar refractivity (Wildman–Crippen MR) is 67.6 cm³/mol. The van der Waals surface area contributed by atoms with Gasteiger partial charge in [0, 0.05) is 39.1 Å². The van der Waals surface area contributed by atoms with Gasteiger partial charge in [-0.3, -0.25) is 9.59 Å². The van der Waals surface area contributed by atoms with Gasteiger partial charge in [-0.05, 0) is 24.8 Å². The van der Waals surface area contributed by atoms with Crippen molar-refractivity contribution in [3.05, 3.63) is 34.2 Å². The van der Waals surface area contributed by atoms with Crippen LogP contribution in [0.2, 0.25) is 0 Å². The summed E-state index contributed by atoms with van der Waals surface area (Å²) in [5, 5.41) is 0. The van der Waals surface area contributed by atoms with Crippen LogP contribution in [0.1, 0.15) is 23.2 Å². The molecule has 0 atom stereocenters. The van der Waals surface area contributed by atoms with Crippen LogP contribution < -0.4 is 5.56 Å². The molecule has 1 aromatic rings. The molecule has 5 heteroatoms. The largest absolute Gasteiger partial charge is 0.384 e. The number of ether oxygens (including phenoxy) is 1. The first-order valence-corrected chi connectivity index (χ1v) is 6.17. The Morgan fingerprint density at radius 2 is 2.17 bits per heavy atom. The van der Waals surface area contributed by atoms with E-state index in [1.165, 1.54) is 12.3 Å². The number of aromatic amines is 1. The molecule has 1 saturated heterocycles. The molecule has 1 amide bonds. The van der Waals surface area contributed by atoms with Gasteiger partial charge in [-0.15, -0.1) is 0 Å². The summed E-state index contributed by atoms with van der Waals surface area (Å²) >= 11 is 0. The van der Waals surface area contributed by atoms with E-state index in [-0.39, 0.29) is 11.5 Å². The van der Waals surface area contributed by atoms with E-state index in [1.807, 2.05) is 4.90 Å². The van der Waals surface area contributed by atoms with Gasteiger partial charge in [0.1, 0.15) is 0 Å². The summed E-state index contributed by atoms with van der Waals surface area (Å²) in [6, 6.07) is 2.95. The average molecular weight is 250 g/mol. The molecular weight excluding hydrogens is 232 g/mol. The lowest BCUT2D eigenvalue weighted by Gasteiger charge is -2.31. The Morgan fingerprint density at radius 3 is 2.72 bits per heavy atom. The van der Waals surface area contributed by atoms with Crippen molar-refractivity contribution in [3.63, 3.8) is 0 Å². The second-order valence-corrected chi connectivity index (χ2v) is 4.63. The molecule has 0 aromatic carbocycles. The van der Waals surface area contributed by atoms with Crippen molar-refractivity contribution in [2.75, 3.05) is 26.8 Å². The second kappa shape index (κ2) is 5.82. The SMILES string of the molecule is COCC1CCN(C(=O)c2ccc(=O)[nH]c2)CC1. The average Bonchev–Trinajstić information content (AvgIpc) is 2.40. The van der Waals surface area contributed by atoms with E-state index in [0.717, 1.165) is 32.5 Å². The Morgan fingerprint density at radius 1 is 1.44 bits per heavy atom. The number of carbonyl (C=O) groups is 1. The first-order chi connectivity index (χ1) is 8.70. The summed E-state index contributed by atoms with van der Waals surface area (Å²) in [5.41, 5.74) is 0.352. The maximum absolute atomic E-state index is 12.1. The van der Waals surface area contributed by atoms with Crippen LogP contribution in [-0.2, 0) is 4.74 Å². The molecule has 2 rings (SSSR count). The molecule has 98 valence electrons. The number of methoxy groups -OCH3 is 1. The second-order valence-electron chi connectivity index (χ2n) is 4.63. The number of rotatable bonds is 3. The first kappa shape index (κ1) is 12.8. The number of hydrogen-bond donors (Lipinski definition) is 1. The molecule has 1 aliphatic rings. The van der Waals surface area contributed by atoms with E-state index in [4.69, 9.17) is 4.74 Å². The van der Waals surface area contributed by atoms with Crippen LogP contribution in [0.5, 0.6) is 0 Å². The van der Waals surface area contributed by atoms with Crippen LogP contribution in [0.3, 0.4) is 0 Å². The number of aromatic nitrogens is 1. The number of likely N-dealkylation sites (tertiary alicyclic amines) is 1. The summed E-state index contributed by atoms with van der Waals surface area (Å²) in [5.74, 6) is 0.539. The zero-order valence-corrected chi connectivity index (χ0v) is 10.5. The van der Waals surface area contributed by atoms with E-state index in [9.17, 15) is 9.59 Å². The quantitative estimate of drug-likeness (QED) is 0.866. The topological polar surface area (TPSA) is 62.4 Å². The van der Waals surface area contributed by atoms with Gasteiger partial charge in [-0.1, -0.05) is 0 Å². The van der Waals surface area contributed by atoms with E-state index in [0.29, 0.717) is 11.5 Å². The van der Waals surface area contributed by atoms with Gasteiger partial charge in [0.25, 0.3) is 5.91 Å². The van der Waals surface area contributed by atoms with Crippen molar-refractivity contribution in [2.24, 2.45) is 5.92 Å². The van der Waals surface area contributed by atoms with E-state index in [2.05, 4.69) is 4.98 Å². The minimum Gasteiger partial charge on any atom is -0.384 e. The van der Waals surface area contributed by atoms with Crippen LogP contribution in [0, 0.1) is 5.92 Å². The molecule has 18 heavy (non-hydrogen) atoms. The van der Waals surface area contributed by atoms with Crippen LogP contribution in [0.25, 0.3) is 0 Å². The van der Waals surface area contributed by atoms with Crippen molar-refractivity contribution >= 4 is 5.91 Å². The number of amides is 1. The molecule has 0 aliphatic carbocycles. The smallest absolute Gasteiger partial charge is 0.255 e. The maximum atomic E-state index is 12.1. The molecule has 1 aliphatic heterocycles. The lowest BCUT2D eigenvalue weighted by Crippen LogP contribution is -2.39. The van der Waals surface area contributed by atoms with Gasteiger partial charge in [0.2, 0.25) is 5.56 Å². The molecule has 2 heterocycles. The number of pyridine rings is 1. The third-order valence-electron chi connectivity index (χ3n) is 3.34. The van der Waals surface area contributed by atoms with Crippen LogP contribution >= 0.6 is 0 Å². The van der Waals surface area contributed by atoms with E-state index in [1.54, 1.807) is 13.2 Å². The molecule has 5 nitrogen and oxygen atoms in total. The molecule has 0 bridgehead atoms. The summed E-state index contributed by atoms with van der Waals surface area (Å²) in [6.45, 7) is 2.28. The Labute approximate surface area is 106 Å². The van der Waals surface area contributed by atoms with Crippen LogP contribution in [0.4, 0.5) is 0 Å². The first-order valence-electron chi connectivity index (χ1n) is 6.17. The highest BCUT2D eigenvalue weighted by Gasteiger charge is 2.23. The number of H-pyrrole nitrogens is 1. The predicted octanol–water partition coefficient (Wildman–Crippen LogP) is 0.873. The fourth-order valence-electron chi connectivity index (χ4n) is 2.26. The highest BCUT2D eigenvalue weighted by molar-refractivity contribution is 5.93. The minimum atomic E-state index is -0.189. The van der Waals surface area contributed by atoms with Crippen molar-refractivity contribution in [2.45, 2.75) is 12.8 Å². The number of nitrogens with one attached hydrogen (secondary N) is 1. The third-order valence-corrected chi connectivity index (χ3v) is 3.34. The number of nitrogens with zero attached hydrogens (tertiary/aromatic N) is 1. The number of hydrogen-bond acceptors (Lipinski definition) is 3. The Hall–Kier alpha value is -1.62. The molecule has 1 N–H and O–H groups in total. The van der Waals surface area contributed by atoms with Crippen LogP contribution in [-0.4, -0.2) is 42.6 Å². The number of piperidine rings is 1. The molecule has 0 radical (unpaired) electrons. The fourth-order valence-corrected chi connectivity index (χ4v) is 2.26. The number of carbonyl (C=O) groups excluding carboxylic acids is 1. The summed E-state index contributed by atoms with van der Waals surface area (Å²) in [4.78, 5) is 27.4. The van der Waals surface area contributed by atoms with E-state index >= 15 is 0 Å². The summed E-state index contributed by atoms with van der Waals surface area (Å²) in [6.07, 6.45) is 3.43. The Bertz CT molecular complexity index is 441. The molecule has 0 unspecified atom stereocenters. The zero-order valence-electron chi connectivity index (χ0n) is 10.5. The lowest BCUT2D eigenvalue weighted by molar-refractivity contribution is 0.0613. The standard InChI is InChI=1S/C13H18N2O3/c1-18-9-10-4-6-15(7-5-10)13(17)11-2-3-12(16)14-8-11/h2-3,8,10H,4-7,9H2,1H3,(H,14,16). The van der Waals surface area contributed by atoms with Gasteiger partial charge in [0.05, 0.1) is 5.56 Å². The van der Waals surface area contributed by atoms with Gasteiger partial charge in [-0.2, -0.15) is 0 Å². The monoisotopic (exact) mass is 250 g/mol. The highest BCUT2D eigenvalue weighted by atomic mass is 16.5. The normalized spacial score (nSPS) is 16.8. The van der Waals surface area contributed by atoms with Crippen molar-refractivity contribution < 1.29 is 9.53 Å². The maximum Gasteiger partial charge on any atom is 0.255 e. The van der Waals surface area contributed by atoms with Gasteiger partial charge >= 0.3 is 0 Å². The molecule has 0 spiro atoms. The highest BCUT2D eigenvalue weighted by Crippen LogP contribution is 2.18. The van der Waals surface area contributed by atoms with Crippen molar-refractivity contribution in [1.29, 1.82) is 0 Å². The zero-order chi connectivity index (χ0) is 13.0. The summed E-state index contributed by atoms with van der Waals surface area (Å²) in [7, 11) is 1.71.